The van der Waals surface area contributed by atoms with E-state index in [4.69, 9.17) is 21.1 Å². The zero-order valence-electron chi connectivity index (χ0n) is 14.3. The molecule has 0 saturated carbocycles. The molecule has 1 amide bonds. The number of thiazole rings is 1. The molecule has 0 aliphatic rings. The number of carbonyl (C=O) groups excluding carboxylic acids is 1. The number of ether oxygens (including phenoxy) is 2. The van der Waals surface area contributed by atoms with Crippen LogP contribution in [-0.4, -0.2) is 31.7 Å². The second kappa shape index (κ2) is 8.21. The van der Waals surface area contributed by atoms with Crippen molar-refractivity contribution >= 4 is 34.0 Å². The Hall–Kier alpha value is -2.57. The number of carbonyl (C=O) groups is 1. The van der Waals surface area contributed by atoms with Crippen LogP contribution in [0.3, 0.4) is 0 Å². The number of amides is 1. The first-order chi connectivity index (χ1) is 12.6. The zero-order chi connectivity index (χ0) is 18.5. The topological polar surface area (TPSA) is 51.7 Å². The van der Waals surface area contributed by atoms with Crippen molar-refractivity contribution in [3.05, 3.63) is 58.9 Å². The van der Waals surface area contributed by atoms with Gasteiger partial charge in [0, 0.05) is 23.0 Å². The van der Waals surface area contributed by atoms with Crippen LogP contribution in [0.1, 0.15) is 0 Å². The minimum absolute atomic E-state index is 0.0738. The fourth-order valence-electron chi connectivity index (χ4n) is 2.19. The second-order valence-electron chi connectivity index (χ2n) is 5.44. The maximum absolute atomic E-state index is 12.3. The molecule has 7 heteroatoms. The van der Waals surface area contributed by atoms with E-state index in [0.29, 0.717) is 15.9 Å². The first-order valence-corrected chi connectivity index (χ1v) is 9.07. The van der Waals surface area contributed by atoms with Gasteiger partial charge >= 0.3 is 0 Å². The smallest absolute Gasteiger partial charge is 0.266 e. The zero-order valence-corrected chi connectivity index (χ0v) is 15.9. The Kier molecular flexibility index (Phi) is 5.75. The molecule has 0 N–H and O–H groups in total. The van der Waals surface area contributed by atoms with Gasteiger partial charge in [0.05, 0.1) is 12.8 Å². The van der Waals surface area contributed by atoms with E-state index in [-0.39, 0.29) is 12.5 Å². The number of aromatic nitrogens is 1. The molecule has 2 aromatic carbocycles. The van der Waals surface area contributed by atoms with Crippen LogP contribution in [-0.2, 0) is 4.79 Å². The molecule has 0 aliphatic heterocycles. The normalized spacial score (nSPS) is 10.4. The summed E-state index contributed by atoms with van der Waals surface area (Å²) in [5.74, 6) is 1.20. The van der Waals surface area contributed by atoms with Gasteiger partial charge in [-0.15, -0.1) is 11.3 Å². The van der Waals surface area contributed by atoms with E-state index in [1.165, 1.54) is 16.2 Å². The molecule has 5 nitrogen and oxygen atoms in total. The van der Waals surface area contributed by atoms with Crippen molar-refractivity contribution in [1.82, 2.24) is 4.98 Å². The van der Waals surface area contributed by atoms with Crippen molar-refractivity contribution in [2.75, 3.05) is 25.7 Å². The summed E-state index contributed by atoms with van der Waals surface area (Å²) >= 11 is 7.23. The SMILES string of the molecule is COc1ccc(-c2csc(N(C)C(=O)COc3ccc(Cl)cc3)n2)cc1. The van der Waals surface area contributed by atoms with E-state index >= 15 is 0 Å². The molecular weight excluding hydrogens is 372 g/mol. The van der Waals surface area contributed by atoms with Crippen LogP contribution in [0.2, 0.25) is 5.02 Å². The molecule has 0 bridgehead atoms. The van der Waals surface area contributed by atoms with Gasteiger partial charge < -0.3 is 9.47 Å². The van der Waals surface area contributed by atoms with Crippen LogP contribution in [0.5, 0.6) is 11.5 Å². The van der Waals surface area contributed by atoms with Crippen LogP contribution in [0.15, 0.2) is 53.9 Å². The van der Waals surface area contributed by atoms with Crippen molar-refractivity contribution in [3.63, 3.8) is 0 Å². The van der Waals surface area contributed by atoms with E-state index in [9.17, 15) is 4.79 Å². The lowest BCUT2D eigenvalue weighted by Crippen LogP contribution is -2.31. The monoisotopic (exact) mass is 388 g/mol. The Morgan fingerprint density at radius 2 is 1.77 bits per heavy atom. The number of hydrogen-bond donors (Lipinski definition) is 0. The molecule has 0 unspecified atom stereocenters. The van der Waals surface area contributed by atoms with Gasteiger partial charge in [0.1, 0.15) is 11.5 Å². The standard InChI is InChI=1S/C19H17ClN2O3S/c1-22(18(23)11-25-16-9-5-14(20)6-10-16)19-21-17(12-26-19)13-3-7-15(24-2)8-4-13/h3-10,12H,11H2,1-2H3. The van der Waals surface area contributed by atoms with E-state index < -0.39 is 0 Å². The molecule has 134 valence electrons. The average molecular weight is 389 g/mol. The fourth-order valence-corrected chi connectivity index (χ4v) is 3.13. The Bertz CT molecular complexity index is 879. The first kappa shape index (κ1) is 18.2. The van der Waals surface area contributed by atoms with Gasteiger partial charge in [-0.3, -0.25) is 9.69 Å². The Morgan fingerprint density at radius 1 is 1.12 bits per heavy atom. The number of halogens is 1. The van der Waals surface area contributed by atoms with Gasteiger partial charge in [-0.1, -0.05) is 11.6 Å². The minimum Gasteiger partial charge on any atom is -0.497 e. The summed E-state index contributed by atoms with van der Waals surface area (Å²) in [5.41, 5.74) is 1.78. The van der Waals surface area contributed by atoms with Gasteiger partial charge in [-0.05, 0) is 48.5 Å². The molecule has 0 radical (unpaired) electrons. The molecule has 3 rings (SSSR count). The summed E-state index contributed by atoms with van der Waals surface area (Å²) in [6.45, 7) is -0.0738. The minimum atomic E-state index is -0.185. The number of likely N-dealkylation sites (N-methyl/N-ethyl adjacent to an activating group) is 1. The van der Waals surface area contributed by atoms with Crippen LogP contribution in [0, 0.1) is 0 Å². The number of anilines is 1. The number of rotatable bonds is 6. The molecule has 0 spiro atoms. The maximum Gasteiger partial charge on any atom is 0.266 e. The van der Waals surface area contributed by atoms with E-state index in [1.807, 2.05) is 29.6 Å². The third-order valence-corrected chi connectivity index (χ3v) is 4.88. The molecule has 1 aromatic heterocycles. The number of benzene rings is 2. The third-order valence-electron chi connectivity index (χ3n) is 3.71. The number of hydrogen-bond acceptors (Lipinski definition) is 5. The van der Waals surface area contributed by atoms with Crippen molar-refractivity contribution in [3.8, 4) is 22.8 Å². The summed E-state index contributed by atoms with van der Waals surface area (Å²) in [5, 5.41) is 3.15. The van der Waals surface area contributed by atoms with Crippen LogP contribution >= 0.6 is 22.9 Å². The van der Waals surface area contributed by atoms with Gasteiger partial charge in [0.25, 0.3) is 5.91 Å². The quantitative estimate of drug-likeness (QED) is 0.623. The highest BCUT2D eigenvalue weighted by Crippen LogP contribution is 2.28. The predicted molar refractivity (Wildman–Crippen MR) is 104 cm³/mol. The summed E-state index contributed by atoms with van der Waals surface area (Å²) in [7, 11) is 3.31. The lowest BCUT2D eigenvalue weighted by Gasteiger charge is -2.14. The highest BCUT2D eigenvalue weighted by atomic mass is 35.5. The second-order valence-corrected chi connectivity index (χ2v) is 6.71. The molecule has 0 atom stereocenters. The first-order valence-electron chi connectivity index (χ1n) is 7.81. The average Bonchev–Trinajstić information content (AvgIpc) is 3.17. The number of methoxy groups -OCH3 is 1. The van der Waals surface area contributed by atoms with Crippen molar-refractivity contribution in [2.24, 2.45) is 0 Å². The van der Waals surface area contributed by atoms with E-state index in [0.717, 1.165) is 17.0 Å². The molecular formula is C19H17ClN2O3S. The highest BCUT2D eigenvalue weighted by Gasteiger charge is 2.16. The lowest BCUT2D eigenvalue weighted by atomic mass is 10.2. The van der Waals surface area contributed by atoms with Crippen LogP contribution < -0.4 is 14.4 Å². The predicted octanol–water partition coefficient (Wildman–Crippen LogP) is 4.51. The van der Waals surface area contributed by atoms with E-state index in [1.54, 1.807) is 38.4 Å². The Labute approximate surface area is 160 Å². The molecule has 0 aliphatic carbocycles. The van der Waals surface area contributed by atoms with Crippen molar-refractivity contribution in [2.45, 2.75) is 0 Å². The molecule has 0 saturated heterocycles. The third kappa shape index (κ3) is 4.33. The van der Waals surface area contributed by atoms with Gasteiger partial charge in [0.2, 0.25) is 0 Å². The van der Waals surface area contributed by atoms with Gasteiger partial charge in [-0.2, -0.15) is 0 Å². The fraction of sp³-hybridized carbons (Fsp3) is 0.158. The lowest BCUT2D eigenvalue weighted by molar-refractivity contribution is -0.120. The van der Waals surface area contributed by atoms with Crippen LogP contribution in [0.4, 0.5) is 5.13 Å². The maximum atomic E-state index is 12.3. The van der Waals surface area contributed by atoms with E-state index in [2.05, 4.69) is 4.98 Å². The largest absolute Gasteiger partial charge is 0.497 e. The summed E-state index contributed by atoms with van der Waals surface area (Å²) in [6, 6.07) is 14.5. The number of nitrogens with zero attached hydrogens (tertiary/aromatic N) is 2. The molecule has 0 fully saturated rings. The summed E-state index contributed by atoms with van der Waals surface area (Å²) < 4.78 is 10.7. The Morgan fingerprint density at radius 3 is 2.42 bits per heavy atom. The van der Waals surface area contributed by atoms with Gasteiger partial charge in [-0.25, -0.2) is 4.98 Å². The summed E-state index contributed by atoms with van der Waals surface area (Å²) in [6.07, 6.45) is 0. The molecule has 1 heterocycles. The van der Waals surface area contributed by atoms with Crippen LogP contribution in [0.25, 0.3) is 11.3 Å². The Balaban J connectivity index is 1.63. The highest BCUT2D eigenvalue weighted by molar-refractivity contribution is 7.14. The van der Waals surface area contributed by atoms with Gasteiger partial charge in [0.15, 0.2) is 11.7 Å². The summed E-state index contributed by atoms with van der Waals surface area (Å²) in [4.78, 5) is 18.4. The molecule has 3 aromatic rings. The van der Waals surface area contributed by atoms with Crippen molar-refractivity contribution < 1.29 is 14.3 Å². The molecule has 26 heavy (non-hydrogen) atoms. The van der Waals surface area contributed by atoms with Crippen molar-refractivity contribution in [1.29, 1.82) is 0 Å².